The van der Waals surface area contributed by atoms with Crippen LogP contribution in [0.3, 0.4) is 0 Å². The fourth-order valence-corrected chi connectivity index (χ4v) is 5.36. The molecule has 2 aliphatic heterocycles. The molecule has 2 aliphatic rings. The number of fused-ring (bicyclic) bond motifs is 1. The lowest BCUT2D eigenvalue weighted by atomic mass is 10.1. The number of nitrogens with zero attached hydrogens (tertiary/aromatic N) is 3. The van der Waals surface area contributed by atoms with Gasteiger partial charge in [0.05, 0.1) is 10.9 Å². The van der Waals surface area contributed by atoms with E-state index in [1.165, 1.54) is 11.3 Å². The molecule has 1 aromatic rings. The van der Waals surface area contributed by atoms with Crippen LogP contribution in [0.4, 0.5) is 0 Å². The molecule has 0 radical (unpaired) electrons. The van der Waals surface area contributed by atoms with Gasteiger partial charge in [-0.3, -0.25) is 9.59 Å². The van der Waals surface area contributed by atoms with E-state index in [1.54, 1.807) is 29.0 Å². The first kappa shape index (κ1) is 17.9. The van der Waals surface area contributed by atoms with Gasteiger partial charge in [0.15, 0.2) is 18.3 Å². The van der Waals surface area contributed by atoms with Crippen molar-refractivity contribution >= 4 is 40.8 Å². The number of carbonyl (C=O) groups excluding carboxylic acids is 3. The maximum absolute atomic E-state index is 12.4. The summed E-state index contributed by atoms with van der Waals surface area (Å²) in [5.74, 6) is -1.74. The van der Waals surface area contributed by atoms with Crippen LogP contribution in [0.25, 0.3) is 0 Å². The number of hydrogen-bond donors (Lipinski definition) is 0. The average molecular weight is 379 g/mol. The maximum atomic E-state index is 12.4. The van der Waals surface area contributed by atoms with Crippen molar-refractivity contribution in [2.24, 2.45) is 0 Å². The van der Waals surface area contributed by atoms with E-state index in [9.17, 15) is 19.6 Å². The molecule has 3 atom stereocenters. The van der Waals surface area contributed by atoms with Gasteiger partial charge in [-0.25, -0.2) is 9.78 Å². The summed E-state index contributed by atoms with van der Waals surface area (Å²) in [6.07, 6.45) is 1.13. The number of amides is 1. The van der Waals surface area contributed by atoms with Crippen molar-refractivity contribution in [2.75, 3.05) is 12.4 Å². The Labute approximate surface area is 153 Å². The van der Waals surface area contributed by atoms with Crippen LogP contribution in [-0.2, 0) is 19.1 Å². The number of hydrogen-bond acceptors (Lipinski definition) is 8. The number of rotatable bonds is 5. The standard InChI is InChI=1S/C16H17N3O4S2/c1-9-7-24-14(18-9)10(5-17)12(20)6-23-15(22)11-8-25-16(2)4-3-13(21)19(11)16/h7,10-11H,3-4,6,8H2,1-2H3/t10-,11+,16+/m1/s1. The first-order valence-electron chi connectivity index (χ1n) is 7.83. The minimum Gasteiger partial charge on any atom is -0.456 e. The van der Waals surface area contributed by atoms with Gasteiger partial charge in [0, 0.05) is 23.2 Å². The van der Waals surface area contributed by atoms with Crippen LogP contribution in [0, 0.1) is 18.3 Å². The Morgan fingerprint density at radius 3 is 3.00 bits per heavy atom. The van der Waals surface area contributed by atoms with E-state index in [0.717, 1.165) is 5.69 Å². The highest BCUT2D eigenvalue weighted by Crippen LogP contribution is 2.47. The second kappa shape index (κ2) is 6.77. The second-order valence-electron chi connectivity index (χ2n) is 6.23. The van der Waals surface area contributed by atoms with E-state index in [-0.39, 0.29) is 10.8 Å². The number of aryl methyl sites for hydroxylation is 1. The van der Waals surface area contributed by atoms with Crippen LogP contribution < -0.4 is 0 Å². The van der Waals surface area contributed by atoms with E-state index < -0.39 is 30.3 Å². The number of thioether (sulfide) groups is 1. The molecule has 0 saturated carbocycles. The molecule has 3 heterocycles. The van der Waals surface area contributed by atoms with Crippen molar-refractivity contribution in [1.29, 1.82) is 5.26 Å². The van der Waals surface area contributed by atoms with E-state index >= 15 is 0 Å². The number of ether oxygens (including phenoxy) is 1. The van der Waals surface area contributed by atoms with Crippen LogP contribution in [0.2, 0.25) is 0 Å². The number of thiazole rings is 1. The first-order chi connectivity index (χ1) is 11.9. The molecule has 3 rings (SSSR count). The molecule has 0 bridgehead atoms. The molecule has 0 spiro atoms. The number of esters is 1. The molecule has 0 aromatic carbocycles. The van der Waals surface area contributed by atoms with Crippen LogP contribution in [0.15, 0.2) is 5.38 Å². The second-order valence-corrected chi connectivity index (χ2v) is 8.62. The minimum absolute atomic E-state index is 0.0612. The molecule has 9 heteroatoms. The molecule has 0 aliphatic carbocycles. The van der Waals surface area contributed by atoms with Gasteiger partial charge in [0.2, 0.25) is 5.91 Å². The fourth-order valence-electron chi connectivity index (χ4n) is 3.09. The van der Waals surface area contributed by atoms with Crippen LogP contribution >= 0.6 is 23.1 Å². The molecular weight excluding hydrogens is 362 g/mol. The molecule has 0 N–H and O–H groups in total. The lowest BCUT2D eigenvalue weighted by Gasteiger charge is -2.29. The van der Waals surface area contributed by atoms with Gasteiger partial charge >= 0.3 is 5.97 Å². The van der Waals surface area contributed by atoms with E-state index in [1.807, 2.05) is 13.0 Å². The largest absolute Gasteiger partial charge is 0.456 e. The molecule has 2 fully saturated rings. The number of Topliss-reactive ketones (excluding diaryl/α,β-unsaturated/α-hetero) is 1. The van der Waals surface area contributed by atoms with E-state index in [0.29, 0.717) is 23.6 Å². The van der Waals surface area contributed by atoms with Crippen molar-refractivity contribution in [3.05, 3.63) is 16.1 Å². The third-order valence-corrected chi connectivity index (χ3v) is 6.94. The first-order valence-corrected chi connectivity index (χ1v) is 9.69. The van der Waals surface area contributed by atoms with Crippen LogP contribution in [-0.4, -0.2) is 50.8 Å². The highest BCUT2D eigenvalue weighted by molar-refractivity contribution is 8.01. The number of ketones is 1. The van der Waals surface area contributed by atoms with E-state index in [2.05, 4.69) is 4.98 Å². The number of carbonyl (C=O) groups is 3. The zero-order valence-electron chi connectivity index (χ0n) is 13.9. The zero-order valence-corrected chi connectivity index (χ0v) is 15.5. The molecule has 1 aromatic heterocycles. The Balaban J connectivity index is 1.61. The number of nitriles is 1. The summed E-state index contributed by atoms with van der Waals surface area (Å²) in [4.78, 5) is 42.0. The summed E-state index contributed by atoms with van der Waals surface area (Å²) < 4.78 is 5.13. The summed E-state index contributed by atoms with van der Waals surface area (Å²) >= 11 is 2.79. The Morgan fingerprint density at radius 2 is 2.36 bits per heavy atom. The van der Waals surface area contributed by atoms with Crippen molar-refractivity contribution < 1.29 is 19.1 Å². The molecule has 7 nitrogen and oxygen atoms in total. The van der Waals surface area contributed by atoms with Gasteiger partial charge in [-0.2, -0.15) is 5.26 Å². The SMILES string of the molecule is Cc1csc([C@H](C#N)C(=O)COC(=O)[C@@H]2CS[C@@]3(C)CCC(=O)N23)n1. The summed E-state index contributed by atoms with van der Waals surface area (Å²) in [5.41, 5.74) is 0.736. The molecule has 2 saturated heterocycles. The van der Waals surface area contributed by atoms with Crippen molar-refractivity contribution in [1.82, 2.24) is 9.88 Å². The Bertz CT molecular complexity index is 772. The normalized spacial score (nSPS) is 26.2. The van der Waals surface area contributed by atoms with Gasteiger partial charge in [-0.15, -0.1) is 23.1 Å². The monoisotopic (exact) mass is 379 g/mol. The summed E-state index contributed by atoms with van der Waals surface area (Å²) in [5, 5.41) is 11.4. The molecule has 1 amide bonds. The molecule has 0 unspecified atom stereocenters. The minimum atomic E-state index is -1.04. The van der Waals surface area contributed by atoms with Gasteiger partial charge in [0.1, 0.15) is 11.0 Å². The lowest BCUT2D eigenvalue weighted by Crippen LogP contribution is -2.47. The van der Waals surface area contributed by atoms with Crippen molar-refractivity contribution in [2.45, 2.75) is 43.5 Å². The third kappa shape index (κ3) is 3.28. The molecule has 132 valence electrons. The topological polar surface area (TPSA) is 100 Å². The quantitative estimate of drug-likeness (QED) is 0.717. The van der Waals surface area contributed by atoms with E-state index in [4.69, 9.17) is 4.74 Å². The fraction of sp³-hybridized carbons (Fsp3) is 0.562. The summed E-state index contributed by atoms with van der Waals surface area (Å²) in [7, 11) is 0. The third-order valence-electron chi connectivity index (χ3n) is 4.41. The predicted molar refractivity (Wildman–Crippen MR) is 91.9 cm³/mol. The maximum Gasteiger partial charge on any atom is 0.330 e. The summed E-state index contributed by atoms with van der Waals surface area (Å²) in [6.45, 7) is 3.23. The van der Waals surface area contributed by atoms with Gasteiger partial charge < -0.3 is 9.64 Å². The Morgan fingerprint density at radius 1 is 1.60 bits per heavy atom. The summed E-state index contributed by atoms with van der Waals surface area (Å²) in [6, 6.07) is 1.25. The van der Waals surface area contributed by atoms with Gasteiger partial charge in [0.25, 0.3) is 0 Å². The predicted octanol–water partition coefficient (Wildman–Crippen LogP) is 1.63. The molecule has 25 heavy (non-hydrogen) atoms. The Kier molecular flexibility index (Phi) is 4.84. The Hall–Kier alpha value is -1.92. The van der Waals surface area contributed by atoms with Crippen molar-refractivity contribution in [3.8, 4) is 6.07 Å². The molecular formula is C16H17N3O4S2. The highest BCUT2D eigenvalue weighted by Gasteiger charge is 2.53. The highest BCUT2D eigenvalue weighted by atomic mass is 32.2. The average Bonchev–Trinajstić information content (AvgIpc) is 3.22. The van der Waals surface area contributed by atoms with Gasteiger partial charge in [-0.05, 0) is 20.3 Å². The van der Waals surface area contributed by atoms with Crippen LogP contribution in [0.1, 0.15) is 36.4 Å². The van der Waals surface area contributed by atoms with Gasteiger partial charge in [-0.1, -0.05) is 0 Å². The van der Waals surface area contributed by atoms with Crippen LogP contribution in [0.5, 0.6) is 0 Å². The smallest absolute Gasteiger partial charge is 0.330 e. The lowest BCUT2D eigenvalue weighted by molar-refractivity contribution is -0.155. The zero-order chi connectivity index (χ0) is 18.2. The van der Waals surface area contributed by atoms with Crippen molar-refractivity contribution in [3.63, 3.8) is 0 Å². The number of aromatic nitrogens is 1.